The maximum Gasteiger partial charge on any atom is 0.303 e. The van der Waals surface area contributed by atoms with E-state index in [9.17, 15) is 4.79 Å². The molecule has 0 saturated carbocycles. The second-order valence-electron chi connectivity index (χ2n) is 6.42. The van der Waals surface area contributed by atoms with Gasteiger partial charge in [-0.3, -0.25) is 4.79 Å². The molecule has 0 spiro atoms. The summed E-state index contributed by atoms with van der Waals surface area (Å²) in [5.74, 6) is -0.753. The van der Waals surface area contributed by atoms with Gasteiger partial charge in [0.2, 0.25) is 0 Å². The number of rotatable bonds is 4. The molecule has 0 aliphatic heterocycles. The van der Waals surface area contributed by atoms with Gasteiger partial charge in [0.05, 0.1) is 0 Å². The van der Waals surface area contributed by atoms with Crippen molar-refractivity contribution in [2.45, 2.75) is 39.0 Å². The first kappa shape index (κ1) is 15.3. The first-order valence-electron chi connectivity index (χ1n) is 7.28. The molecule has 2 aromatic carbocycles. The summed E-state index contributed by atoms with van der Waals surface area (Å²) in [5, 5.41) is 8.70. The fourth-order valence-electron chi connectivity index (χ4n) is 2.28. The average Bonchev–Trinajstić information content (AvgIpc) is 2.45. The molecule has 0 aliphatic rings. The van der Waals surface area contributed by atoms with E-state index in [1.807, 2.05) is 12.1 Å². The van der Waals surface area contributed by atoms with Crippen LogP contribution in [0, 0.1) is 0 Å². The van der Waals surface area contributed by atoms with Gasteiger partial charge in [-0.1, -0.05) is 69.3 Å². The van der Waals surface area contributed by atoms with Crippen LogP contribution in [0.2, 0.25) is 0 Å². The second-order valence-corrected chi connectivity index (χ2v) is 6.42. The molecule has 2 aromatic rings. The van der Waals surface area contributed by atoms with Gasteiger partial charge in [-0.2, -0.15) is 0 Å². The molecule has 0 atom stereocenters. The fourth-order valence-corrected chi connectivity index (χ4v) is 2.28. The fraction of sp³-hybridized carbons (Fsp3) is 0.316. The van der Waals surface area contributed by atoms with Gasteiger partial charge in [-0.25, -0.2) is 0 Å². The number of carbonyl (C=O) groups is 1. The molecule has 0 radical (unpaired) electrons. The molecular weight excluding hydrogens is 260 g/mol. The normalized spacial score (nSPS) is 11.4. The van der Waals surface area contributed by atoms with Gasteiger partial charge in [0.15, 0.2) is 0 Å². The molecule has 0 saturated heterocycles. The molecule has 2 nitrogen and oxygen atoms in total. The van der Waals surface area contributed by atoms with E-state index in [1.54, 1.807) is 0 Å². The standard InChI is InChI=1S/C19H22O2/c1-19(2,3)17-11-9-16(10-12-17)15-7-4-14(5-8-15)6-13-18(20)21/h4-5,7-12H,6,13H2,1-3H3,(H,20,21). The zero-order valence-corrected chi connectivity index (χ0v) is 12.9. The molecule has 21 heavy (non-hydrogen) atoms. The lowest BCUT2D eigenvalue weighted by molar-refractivity contribution is -0.136. The predicted octanol–water partition coefficient (Wildman–Crippen LogP) is 4.67. The van der Waals surface area contributed by atoms with Crippen molar-refractivity contribution in [1.82, 2.24) is 0 Å². The molecule has 0 aromatic heterocycles. The molecule has 2 heteroatoms. The first-order chi connectivity index (χ1) is 9.86. The van der Waals surface area contributed by atoms with Crippen LogP contribution < -0.4 is 0 Å². The Bertz CT molecular complexity index is 602. The quantitative estimate of drug-likeness (QED) is 0.885. The van der Waals surface area contributed by atoms with E-state index in [-0.39, 0.29) is 11.8 Å². The molecule has 110 valence electrons. The van der Waals surface area contributed by atoms with Crippen molar-refractivity contribution in [1.29, 1.82) is 0 Å². The van der Waals surface area contributed by atoms with Crippen LogP contribution in [0.5, 0.6) is 0 Å². The van der Waals surface area contributed by atoms with E-state index in [0.717, 1.165) is 11.1 Å². The highest BCUT2D eigenvalue weighted by molar-refractivity contribution is 5.67. The van der Waals surface area contributed by atoms with Gasteiger partial charge in [-0.15, -0.1) is 0 Å². The van der Waals surface area contributed by atoms with Crippen LogP contribution in [0.4, 0.5) is 0 Å². The van der Waals surface area contributed by atoms with E-state index in [1.165, 1.54) is 11.1 Å². The Balaban J connectivity index is 2.13. The summed E-state index contributed by atoms with van der Waals surface area (Å²) < 4.78 is 0. The third kappa shape index (κ3) is 4.19. The maximum atomic E-state index is 10.6. The van der Waals surface area contributed by atoms with Gasteiger partial charge < -0.3 is 5.11 Å². The highest BCUT2D eigenvalue weighted by Gasteiger charge is 2.12. The minimum Gasteiger partial charge on any atom is -0.481 e. The smallest absolute Gasteiger partial charge is 0.303 e. The van der Waals surface area contributed by atoms with Gasteiger partial charge in [0.25, 0.3) is 0 Å². The summed E-state index contributed by atoms with van der Waals surface area (Å²) in [6, 6.07) is 16.8. The third-order valence-corrected chi connectivity index (χ3v) is 3.67. The summed E-state index contributed by atoms with van der Waals surface area (Å²) >= 11 is 0. The Morgan fingerprint density at radius 2 is 1.38 bits per heavy atom. The van der Waals surface area contributed by atoms with Crippen molar-refractivity contribution in [3.8, 4) is 11.1 Å². The lowest BCUT2D eigenvalue weighted by atomic mass is 9.86. The van der Waals surface area contributed by atoms with Crippen molar-refractivity contribution < 1.29 is 9.90 Å². The molecule has 1 N–H and O–H groups in total. The van der Waals surface area contributed by atoms with Gasteiger partial charge in [-0.05, 0) is 34.1 Å². The van der Waals surface area contributed by atoms with E-state index >= 15 is 0 Å². The molecule has 0 fully saturated rings. The summed E-state index contributed by atoms with van der Waals surface area (Å²) in [6.07, 6.45) is 0.762. The first-order valence-corrected chi connectivity index (χ1v) is 7.28. The average molecular weight is 282 g/mol. The highest BCUT2D eigenvalue weighted by atomic mass is 16.4. The SMILES string of the molecule is CC(C)(C)c1ccc(-c2ccc(CCC(=O)O)cc2)cc1. The van der Waals surface area contributed by atoms with Crippen molar-refractivity contribution in [2.75, 3.05) is 0 Å². The number of hydrogen-bond donors (Lipinski definition) is 1. The zero-order chi connectivity index (χ0) is 15.5. The van der Waals surface area contributed by atoms with Crippen LogP contribution in [0.1, 0.15) is 38.3 Å². The maximum absolute atomic E-state index is 10.6. The van der Waals surface area contributed by atoms with Crippen molar-refractivity contribution in [3.63, 3.8) is 0 Å². The van der Waals surface area contributed by atoms with Crippen LogP contribution in [-0.2, 0) is 16.6 Å². The Kier molecular flexibility index (Phi) is 4.46. The number of aliphatic carboxylic acids is 1. The van der Waals surface area contributed by atoms with E-state index in [4.69, 9.17) is 5.11 Å². The van der Waals surface area contributed by atoms with Gasteiger partial charge in [0.1, 0.15) is 0 Å². The minimum absolute atomic E-state index is 0.166. The summed E-state index contributed by atoms with van der Waals surface area (Å²) in [6.45, 7) is 6.62. The van der Waals surface area contributed by atoms with Crippen molar-refractivity contribution in [2.24, 2.45) is 0 Å². The van der Waals surface area contributed by atoms with Crippen LogP contribution in [0.15, 0.2) is 48.5 Å². The number of hydrogen-bond acceptors (Lipinski definition) is 1. The Hall–Kier alpha value is -2.09. The molecule has 0 bridgehead atoms. The molecule has 0 heterocycles. The molecular formula is C19H22O2. The van der Waals surface area contributed by atoms with Crippen LogP contribution in [0.25, 0.3) is 11.1 Å². The summed E-state index contributed by atoms with van der Waals surface area (Å²) in [7, 11) is 0. The lowest BCUT2D eigenvalue weighted by Crippen LogP contribution is -2.10. The highest BCUT2D eigenvalue weighted by Crippen LogP contribution is 2.26. The van der Waals surface area contributed by atoms with E-state index in [0.29, 0.717) is 6.42 Å². The monoisotopic (exact) mass is 282 g/mol. The van der Waals surface area contributed by atoms with Gasteiger partial charge >= 0.3 is 5.97 Å². The topological polar surface area (TPSA) is 37.3 Å². The van der Waals surface area contributed by atoms with Crippen LogP contribution in [0.3, 0.4) is 0 Å². The van der Waals surface area contributed by atoms with Crippen LogP contribution >= 0.6 is 0 Å². The number of carboxylic acids is 1. The Morgan fingerprint density at radius 3 is 1.81 bits per heavy atom. The Morgan fingerprint density at radius 1 is 0.905 bits per heavy atom. The summed E-state index contributed by atoms with van der Waals surface area (Å²) in [5.41, 5.74) is 4.90. The lowest BCUT2D eigenvalue weighted by Gasteiger charge is -2.19. The number of aryl methyl sites for hydroxylation is 1. The van der Waals surface area contributed by atoms with Crippen molar-refractivity contribution >= 4 is 5.97 Å². The van der Waals surface area contributed by atoms with E-state index < -0.39 is 5.97 Å². The molecule has 0 amide bonds. The largest absolute Gasteiger partial charge is 0.481 e. The van der Waals surface area contributed by atoms with E-state index in [2.05, 4.69) is 57.2 Å². The minimum atomic E-state index is -0.753. The number of carboxylic acid groups (broad SMARTS) is 1. The van der Waals surface area contributed by atoms with Crippen LogP contribution in [-0.4, -0.2) is 11.1 Å². The zero-order valence-electron chi connectivity index (χ0n) is 12.9. The predicted molar refractivity (Wildman–Crippen MR) is 86.5 cm³/mol. The third-order valence-electron chi connectivity index (χ3n) is 3.67. The Labute approximate surface area is 126 Å². The molecule has 0 aliphatic carbocycles. The second kappa shape index (κ2) is 6.13. The van der Waals surface area contributed by atoms with Gasteiger partial charge in [0, 0.05) is 6.42 Å². The molecule has 2 rings (SSSR count). The molecule has 0 unspecified atom stereocenters. The number of benzene rings is 2. The summed E-state index contributed by atoms with van der Waals surface area (Å²) in [4.78, 5) is 10.6. The van der Waals surface area contributed by atoms with Crippen molar-refractivity contribution in [3.05, 3.63) is 59.7 Å².